The van der Waals surface area contributed by atoms with Gasteiger partial charge in [-0.05, 0) is 38.8 Å². The van der Waals surface area contributed by atoms with Crippen molar-refractivity contribution in [1.29, 1.82) is 0 Å². The van der Waals surface area contributed by atoms with Crippen LogP contribution in [0.2, 0.25) is 0 Å². The van der Waals surface area contributed by atoms with Gasteiger partial charge < -0.3 is 9.64 Å². The van der Waals surface area contributed by atoms with Crippen LogP contribution in [-0.4, -0.2) is 38.1 Å². The second-order valence-corrected chi connectivity index (χ2v) is 4.75. The third-order valence-electron chi connectivity index (χ3n) is 4.01. The molecule has 2 aliphatic rings. The Morgan fingerprint density at radius 3 is 2.57 bits per heavy atom. The predicted molar refractivity (Wildman–Crippen MR) is 53.9 cm³/mol. The number of likely N-dealkylation sites (tertiary alicyclic amines) is 1. The third kappa shape index (κ3) is 1.34. The molecule has 0 aromatic carbocycles. The van der Waals surface area contributed by atoms with Crippen molar-refractivity contribution in [2.45, 2.75) is 25.7 Å². The second-order valence-electron chi connectivity index (χ2n) is 4.75. The van der Waals surface area contributed by atoms with Crippen LogP contribution >= 0.6 is 0 Å². The Labute approximate surface area is 85.4 Å². The highest BCUT2D eigenvalue weighted by molar-refractivity contribution is 5.78. The summed E-state index contributed by atoms with van der Waals surface area (Å²) in [4.78, 5) is 14.1. The highest BCUT2D eigenvalue weighted by Crippen LogP contribution is 2.50. The molecule has 0 amide bonds. The smallest absolute Gasteiger partial charge is 0.312 e. The lowest BCUT2D eigenvalue weighted by Gasteiger charge is -2.43. The summed E-state index contributed by atoms with van der Waals surface area (Å²) < 4.78 is 4.95. The number of esters is 1. The van der Waals surface area contributed by atoms with Crippen LogP contribution in [0.1, 0.15) is 25.7 Å². The Bertz CT molecular complexity index is 235. The van der Waals surface area contributed by atoms with Crippen LogP contribution in [0.5, 0.6) is 0 Å². The monoisotopic (exact) mass is 197 g/mol. The molecule has 80 valence electrons. The van der Waals surface area contributed by atoms with E-state index < -0.39 is 0 Å². The second kappa shape index (κ2) is 3.54. The van der Waals surface area contributed by atoms with E-state index in [4.69, 9.17) is 4.74 Å². The maximum absolute atomic E-state index is 11.8. The summed E-state index contributed by atoms with van der Waals surface area (Å²) in [5.41, 5.74) is -0.112. The van der Waals surface area contributed by atoms with E-state index in [1.54, 1.807) is 0 Å². The van der Waals surface area contributed by atoms with Crippen LogP contribution in [0.3, 0.4) is 0 Å². The molecule has 0 radical (unpaired) electrons. The highest BCUT2D eigenvalue weighted by Gasteiger charge is 2.52. The first-order valence-corrected chi connectivity index (χ1v) is 5.46. The standard InChI is InChI=1S/C11H19NO2/c1-12-7-4-9(8-12)11(5-3-6-11)10(13)14-2/h9H,3-8H2,1-2H3. The molecule has 1 aliphatic carbocycles. The number of hydrogen-bond donors (Lipinski definition) is 0. The van der Waals surface area contributed by atoms with E-state index in [0.717, 1.165) is 32.4 Å². The summed E-state index contributed by atoms with van der Waals surface area (Å²) in [6, 6.07) is 0. The zero-order valence-corrected chi connectivity index (χ0v) is 9.08. The van der Waals surface area contributed by atoms with Crippen LogP contribution in [0.25, 0.3) is 0 Å². The van der Waals surface area contributed by atoms with Crippen molar-refractivity contribution in [3.63, 3.8) is 0 Å². The van der Waals surface area contributed by atoms with Crippen molar-refractivity contribution in [2.75, 3.05) is 27.2 Å². The molecule has 14 heavy (non-hydrogen) atoms. The molecule has 3 heteroatoms. The molecule has 1 saturated carbocycles. The van der Waals surface area contributed by atoms with Crippen molar-refractivity contribution in [3.05, 3.63) is 0 Å². The van der Waals surface area contributed by atoms with Gasteiger partial charge in [0.05, 0.1) is 12.5 Å². The topological polar surface area (TPSA) is 29.5 Å². The van der Waals surface area contributed by atoms with Gasteiger partial charge in [-0.1, -0.05) is 6.42 Å². The number of carbonyl (C=O) groups excluding carboxylic acids is 1. The van der Waals surface area contributed by atoms with Gasteiger partial charge in [-0.25, -0.2) is 0 Å². The molecule has 1 saturated heterocycles. The molecule has 0 N–H and O–H groups in total. The van der Waals surface area contributed by atoms with Gasteiger partial charge in [0, 0.05) is 6.54 Å². The lowest BCUT2D eigenvalue weighted by atomic mass is 9.60. The first-order valence-electron chi connectivity index (χ1n) is 5.46. The van der Waals surface area contributed by atoms with Gasteiger partial charge in [-0.3, -0.25) is 4.79 Å². The molecular formula is C11H19NO2. The number of rotatable bonds is 2. The Kier molecular flexibility index (Phi) is 2.52. The van der Waals surface area contributed by atoms with Gasteiger partial charge >= 0.3 is 5.97 Å². The molecule has 2 fully saturated rings. The van der Waals surface area contributed by atoms with E-state index in [-0.39, 0.29) is 11.4 Å². The van der Waals surface area contributed by atoms with Crippen LogP contribution in [0.15, 0.2) is 0 Å². The Morgan fingerprint density at radius 2 is 2.21 bits per heavy atom. The van der Waals surface area contributed by atoms with Crippen molar-refractivity contribution in [2.24, 2.45) is 11.3 Å². The fourth-order valence-electron chi connectivity index (χ4n) is 2.93. The average molecular weight is 197 g/mol. The van der Waals surface area contributed by atoms with Gasteiger partial charge in [-0.2, -0.15) is 0 Å². The fraction of sp³-hybridized carbons (Fsp3) is 0.909. The minimum Gasteiger partial charge on any atom is -0.469 e. The van der Waals surface area contributed by atoms with Gasteiger partial charge in [0.25, 0.3) is 0 Å². The Hall–Kier alpha value is -0.570. The van der Waals surface area contributed by atoms with Crippen LogP contribution < -0.4 is 0 Å². The molecule has 0 spiro atoms. The highest BCUT2D eigenvalue weighted by atomic mass is 16.5. The first-order chi connectivity index (χ1) is 6.69. The zero-order valence-electron chi connectivity index (χ0n) is 9.08. The Morgan fingerprint density at radius 1 is 1.50 bits per heavy atom. The summed E-state index contributed by atoms with van der Waals surface area (Å²) in [6.45, 7) is 2.19. The molecule has 0 aromatic heterocycles. The zero-order chi connectivity index (χ0) is 10.2. The minimum absolute atomic E-state index is 0.0315. The van der Waals surface area contributed by atoms with Crippen LogP contribution in [-0.2, 0) is 9.53 Å². The quantitative estimate of drug-likeness (QED) is 0.625. The average Bonchev–Trinajstić information content (AvgIpc) is 2.50. The molecule has 1 atom stereocenters. The van der Waals surface area contributed by atoms with Crippen molar-refractivity contribution in [3.8, 4) is 0 Å². The van der Waals surface area contributed by atoms with Crippen molar-refractivity contribution in [1.82, 2.24) is 4.90 Å². The SMILES string of the molecule is COC(=O)C1(C2CCN(C)C2)CCC1. The van der Waals surface area contributed by atoms with Crippen LogP contribution in [0.4, 0.5) is 0 Å². The summed E-state index contributed by atoms with van der Waals surface area (Å²) in [5.74, 6) is 0.567. The molecule has 1 aliphatic heterocycles. The van der Waals surface area contributed by atoms with Crippen molar-refractivity contribution < 1.29 is 9.53 Å². The number of methoxy groups -OCH3 is 1. The van der Waals surface area contributed by atoms with Gasteiger partial charge in [0.15, 0.2) is 0 Å². The fourth-order valence-corrected chi connectivity index (χ4v) is 2.93. The van der Waals surface area contributed by atoms with E-state index in [2.05, 4.69) is 11.9 Å². The van der Waals surface area contributed by atoms with E-state index in [9.17, 15) is 4.79 Å². The molecule has 0 aromatic rings. The van der Waals surface area contributed by atoms with Gasteiger partial charge in [0.1, 0.15) is 0 Å². The predicted octanol–water partition coefficient (Wildman–Crippen LogP) is 1.28. The normalized spacial score (nSPS) is 31.1. The summed E-state index contributed by atoms with van der Waals surface area (Å²) in [7, 11) is 3.64. The summed E-state index contributed by atoms with van der Waals surface area (Å²) in [6.07, 6.45) is 4.43. The summed E-state index contributed by atoms with van der Waals surface area (Å²) in [5, 5.41) is 0. The summed E-state index contributed by atoms with van der Waals surface area (Å²) >= 11 is 0. The van der Waals surface area contributed by atoms with Crippen molar-refractivity contribution >= 4 is 5.97 Å². The Balaban J connectivity index is 2.08. The number of nitrogens with zero attached hydrogens (tertiary/aromatic N) is 1. The van der Waals surface area contributed by atoms with E-state index >= 15 is 0 Å². The number of ether oxygens (including phenoxy) is 1. The van der Waals surface area contributed by atoms with Crippen LogP contribution in [0, 0.1) is 11.3 Å². The van der Waals surface area contributed by atoms with Gasteiger partial charge in [-0.15, -0.1) is 0 Å². The molecule has 0 bridgehead atoms. The maximum atomic E-state index is 11.8. The molecule has 1 unspecified atom stereocenters. The molecule has 3 nitrogen and oxygen atoms in total. The minimum atomic E-state index is -0.112. The number of carbonyl (C=O) groups is 1. The lowest BCUT2D eigenvalue weighted by Crippen LogP contribution is -2.46. The largest absolute Gasteiger partial charge is 0.469 e. The van der Waals surface area contributed by atoms with E-state index in [1.165, 1.54) is 13.5 Å². The molecular weight excluding hydrogens is 178 g/mol. The van der Waals surface area contributed by atoms with E-state index in [0.29, 0.717) is 5.92 Å². The number of hydrogen-bond acceptors (Lipinski definition) is 3. The molecule has 1 heterocycles. The molecule has 2 rings (SSSR count). The van der Waals surface area contributed by atoms with E-state index in [1.807, 2.05) is 0 Å². The first kappa shape index (κ1) is 9.97. The maximum Gasteiger partial charge on any atom is 0.312 e. The lowest BCUT2D eigenvalue weighted by molar-refractivity contribution is -0.163. The van der Waals surface area contributed by atoms with Gasteiger partial charge in [0.2, 0.25) is 0 Å². The third-order valence-corrected chi connectivity index (χ3v) is 4.01.